The highest BCUT2D eigenvalue weighted by molar-refractivity contribution is 9.10. The van der Waals surface area contributed by atoms with E-state index >= 15 is 0 Å². The second-order valence-corrected chi connectivity index (χ2v) is 4.82. The SMILES string of the molecule is C[C@H]1CCCN1C(=O)c1ccccc1Br. The first kappa shape index (κ1) is 10.7. The predicted octanol–water partition coefficient (Wildman–Crippen LogP) is 3.07. The minimum Gasteiger partial charge on any atom is -0.336 e. The molecule has 0 saturated carbocycles. The van der Waals surface area contributed by atoms with Crippen LogP contribution in [0.15, 0.2) is 28.7 Å². The van der Waals surface area contributed by atoms with Crippen molar-refractivity contribution in [3.63, 3.8) is 0 Å². The molecule has 0 spiro atoms. The summed E-state index contributed by atoms with van der Waals surface area (Å²) >= 11 is 3.42. The van der Waals surface area contributed by atoms with Gasteiger partial charge in [0.25, 0.3) is 5.91 Å². The van der Waals surface area contributed by atoms with Crippen LogP contribution in [0.3, 0.4) is 0 Å². The van der Waals surface area contributed by atoms with Crippen molar-refractivity contribution >= 4 is 21.8 Å². The van der Waals surface area contributed by atoms with E-state index in [1.807, 2.05) is 29.2 Å². The Balaban J connectivity index is 2.24. The lowest BCUT2D eigenvalue weighted by Crippen LogP contribution is -2.33. The molecule has 1 atom stereocenters. The third-order valence-electron chi connectivity index (χ3n) is 2.92. The topological polar surface area (TPSA) is 20.3 Å². The van der Waals surface area contributed by atoms with Gasteiger partial charge in [-0.05, 0) is 47.8 Å². The number of halogens is 1. The second-order valence-electron chi connectivity index (χ2n) is 3.97. The largest absolute Gasteiger partial charge is 0.336 e. The lowest BCUT2D eigenvalue weighted by Gasteiger charge is -2.21. The van der Waals surface area contributed by atoms with Crippen molar-refractivity contribution in [2.75, 3.05) is 6.54 Å². The first-order valence-electron chi connectivity index (χ1n) is 5.25. The molecule has 15 heavy (non-hydrogen) atoms. The van der Waals surface area contributed by atoms with Crippen molar-refractivity contribution in [3.8, 4) is 0 Å². The highest BCUT2D eigenvalue weighted by Crippen LogP contribution is 2.23. The molecule has 1 aromatic rings. The predicted molar refractivity (Wildman–Crippen MR) is 63.9 cm³/mol. The van der Waals surface area contributed by atoms with Crippen molar-refractivity contribution in [1.29, 1.82) is 0 Å². The molecule has 2 nitrogen and oxygen atoms in total. The van der Waals surface area contributed by atoms with Crippen molar-refractivity contribution in [2.45, 2.75) is 25.8 Å². The average molecular weight is 268 g/mol. The summed E-state index contributed by atoms with van der Waals surface area (Å²) in [4.78, 5) is 14.1. The van der Waals surface area contributed by atoms with Gasteiger partial charge in [0, 0.05) is 17.1 Å². The Kier molecular flexibility index (Phi) is 3.10. The zero-order valence-electron chi connectivity index (χ0n) is 8.74. The Morgan fingerprint density at radius 2 is 2.20 bits per heavy atom. The van der Waals surface area contributed by atoms with Gasteiger partial charge in [0.15, 0.2) is 0 Å². The smallest absolute Gasteiger partial charge is 0.255 e. The Morgan fingerprint density at radius 1 is 1.47 bits per heavy atom. The summed E-state index contributed by atoms with van der Waals surface area (Å²) in [6.07, 6.45) is 2.24. The van der Waals surface area contributed by atoms with Crippen LogP contribution in [0.25, 0.3) is 0 Å². The van der Waals surface area contributed by atoms with Gasteiger partial charge in [-0.25, -0.2) is 0 Å². The minimum atomic E-state index is 0.146. The van der Waals surface area contributed by atoms with Crippen LogP contribution in [-0.4, -0.2) is 23.4 Å². The lowest BCUT2D eigenvalue weighted by molar-refractivity contribution is 0.0746. The van der Waals surface area contributed by atoms with Crippen molar-refractivity contribution < 1.29 is 4.79 Å². The van der Waals surface area contributed by atoms with E-state index in [2.05, 4.69) is 22.9 Å². The van der Waals surface area contributed by atoms with Crippen LogP contribution >= 0.6 is 15.9 Å². The molecule has 0 radical (unpaired) electrons. The summed E-state index contributed by atoms with van der Waals surface area (Å²) in [5.74, 6) is 0.146. The molecule has 1 amide bonds. The van der Waals surface area contributed by atoms with Crippen molar-refractivity contribution in [2.24, 2.45) is 0 Å². The normalized spacial score (nSPS) is 20.7. The molecule has 0 aliphatic carbocycles. The van der Waals surface area contributed by atoms with Gasteiger partial charge in [-0.15, -0.1) is 0 Å². The van der Waals surface area contributed by atoms with Gasteiger partial charge in [-0.2, -0.15) is 0 Å². The Hall–Kier alpha value is -0.830. The molecule has 80 valence electrons. The minimum absolute atomic E-state index is 0.146. The highest BCUT2D eigenvalue weighted by Gasteiger charge is 2.26. The number of nitrogens with zero attached hydrogens (tertiary/aromatic N) is 1. The molecule has 3 heteroatoms. The van der Waals surface area contributed by atoms with E-state index in [4.69, 9.17) is 0 Å². The maximum Gasteiger partial charge on any atom is 0.255 e. The fourth-order valence-electron chi connectivity index (χ4n) is 2.02. The maximum atomic E-state index is 12.2. The maximum absolute atomic E-state index is 12.2. The summed E-state index contributed by atoms with van der Waals surface area (Å²) in [6, 6.07) is 7.99. The number of benzene rings is 1. The number of hydrogen-bond acceptors (Lipinski definition) is 1. The fraction of sp³-hybridized carbons (Fsp3) is 0.417. The molecule has 1 heterocycles. The fourth-order valence-corrected chi connectivity index (χ4v) is 2.48. The highest BCUT2D eigenvalue weighted by atomic mass is 79.9. The molecule has 1 saturated heterocycles. The van der Waals surface area contributed by atoms with Crippen LogP contribution in [0.4, 0.5) is 0 Å². The molecule has 1 aromatic carbocycles. The Labute approximate surface area is 98.4 Å². The molecule has 1 aliphatic rings. The molecule has 0 unspecified atom stereocenters. The average Bonchev–Trinajstić information content (AvgIpc) is 2.64. The molecule has 1 fully saturated rings. The lowest BCUT2D eigenvalue weighted by atomic mass is 10.2. The number of rotatable bonds is 1. The van der Waals surface area contributed by atoms with Crippen LogP contribution in [0.5, 0.6) is 0 Å². The molecular formula is C12H14BrNO. The summed E-state index contributed by atoms with van der Waals surface area (Å²) in [5, 5.41) is 0. The summed E-state index contributed by atoms with van der Waals surface area (Å²) in [7, 11) is 0. The van der Waals surface area contributed by atoms with E-state index in [9.17, 15) is 4.79 Å². The standard InChI is InChI=1S/C12H14BrNO/c1-9-5-4-8-14(9)12(15)10-6-2-3-7-11(10)13/h2-3,6-7,9H,4-5,8H2,1H3/t9-/m0/s1. The molecule has 0 N–H and O–H groups in total. The van der Waals surface area contributed by atoms with E-state index in [1.54, 1.807) is 0 Å². The van der Waals surface area contributed by atoms with Gasteiger partial charge in [-0.1, -0.05) is 12.1 Å². The van der Waals surface area contributed by atoms with Crippen LogP contribution < -0.4 is 0 Å². The summed E-state index contributed by atoms with van der Waals surface area (Å²) in [6.45, 7) is 3.00. The van der Waals surface area contributed by atoms with E-state index in [-0.39, 0.29) is 5.91 Å². The van der Waals surface area contributed by atoms with Gasteiger partial charge in [-0.3, -0.25) is 4.79 Å². The van der Waals surface area contributed by atoms with Gasteiger partial charge in [0.2, 0.25) is 0 Å². The number of likely N-dealkylation sites (tertiary alicyclic amines) is 1. The van der Waals surface area contributed by atoms with Crippen LogP contribution in [-0.2, 0) is 0 Å². The van der Waals surface area contributed by atoms with Gasteiger partial charge in [0.05, 0.1) is 5.56 Å². The van der Waals surface area contributed by atoms with Crippen LogP contribution in [0.2, 0.25) is 0 Å². The number of amides is 1. The first-order chi connectivity index (χ1) is 7.20. The van der Waals surface area contributed by atoms with E-state index in [1.165, 1.54) is 0 Å². The first-order valence-corrected chi connectivity index (χ1v) is 6.05. The third kappa shape index (κ3) is 2.07. The number of carbonyl (C=O) groups is 1. The van der Waals surface area contributed by atoms with Gasteiger partial charge >= 0.3 is 0 Å². The quantitative estimate of drug-likeness (QED) is 0.766. The van der Waals surface area contributed by atoms with Gasteiger partial charge < -0.3 is 4.90 Å². The number of hydrogen-bond donors (Lipinski definition) is 0. The van der Waals surface area contributed by atoms with E-state index < -0.39 is 0 Å². The zero-order valence-corrected chi connectivity index (χ0v) is 10.3. The monoisotopic (exact) mass is 267 g/mol. The molecular weight excluding hydrogens is 254 g/mol. The molecule has 1 aliphatic heterocycles. The summed E-state index contributed by atoms with van der Waals surface area (Å²) < 4.78 is 0.883. The molecule has 2 rings (SSSR count). The zero-order chi connectivity index (χ0) is 10.8. The molecule has 0 bridgehead atoms. The van der Waals surface area contributed by atoms with E-state index in [0.29, 0.717) is 6.04 Å². The third-order valence-corrected chi connectivity index (χ3v) is 3.61. The van der Waals surface area contributed by atoms with E-state index in [0.717, 1.165) is 29.4 Å². The van der Waals surface area contributed by atoms with Crippen molar-refractivity contribution in [3.05, 3.63) is 34.3 Å². The van der Waals surface area contributed by atoms with Crippen LogP contribution in [0.1, 0.15) is 30.1 Å². The molecule has 0 aromatic heterocycles. The second kappa shape index (κ2) is 4.35. The Morgan fingerprint density at radius 3 is 2.80 bits per heavy atom. The van der Waals surface area contributed by atoms with Crippen LogP contribution in [0, 0.1) is 0 Å². The Bertz CT molecular complexity index is 378. The van der Waals surface area contributed by atoms with Crippen molar-refractivity contribution in [1.82, 2.24) is 4.90 Å². The number of carbonyl (C=O) groups excluding carboxylic acids is 1. The summed E-state index contributed by atoms with van der Waals surface area (Å²) in [5.41, 5.74) is 0.770. The van der Waals surface area contributed by atoms with Gasteiger partial charge in [0.1, 0.15) is 0 Å².